The third-order valence-electron chi connectivity index (χ3n) is 6.80. The van der Waals surface area contributed by atoms with E-state index in [0.29, 0.717) is 0 Å². The molecular weight excluding hydrogens is 582 g/mol. The van der Waals surface area contributed by atoms with Crippen molar-refractivity contribution < 1.29 is 98.0 Å². The number of aliphatic hydroxyl groups excluding tert-OH is 12. The van der Waals surface area contributed by atoms with Crippen LogP contribution in [-0.2, 0) is 33.9 Å². The molecule has 3 rings (SSSR count). The van der Waals surface area contributed by atoms with Crippen molar-refractivity contribution in [2.75, 3.05) is 13.2 Å². The number of aliphatic hydroxyl groups is 12. The van der Waals surface area contributed by atoms with Crippen molar-refractivity contribution in [3.05, 3.63) is 0 Å². The minimum atomic E-state index is -6.02. The van der Waals surface area contributed by atoms with E-state index in [1.54, 1.807) is 0 Å². The molecule has 3 saturated heterocycles. The van der Waals surface area contributed by atoms with Crippen LogP contribution in [0.15, 0.2) is 0 Å². The van der Waals surface area contributed by atoms with E-state index in [9.17, 15) is 79.0 Å². The summed E-state index contributed by atoms with van der Waals surface area (Å²) in [5.41, 5.74) is -3.12. The van der Waals surface area contributed by atoms with Crippen LogP contribution in [0.3, 0.4) is 0 Å². The van der Waals surface area contributed by atoms with Gasteiger partial charge in [0.1, 0.15) is 61.0 Å². The molecule has 234 valence electrons. The Morgan fingerprint density at radius 1 is 0.775 bits per heavy atom. The molecule has 5 unspecified atom stereocenters. The Kier molecular flexibility index (Phi) is 9.80. The quantitative estimate of drug-likeness (QED) is 0.118. The van der Waals surface area contributed by atoms with E-state index >= 15 is 0 Å². The van der Waals surface area contributed by atoms with Gasteiger partial charge in [0.05, 0.1) is 13.2 Å². The second kappa shape index (κ2) is 11.8. The highest BCUT2D eigenvalue weighted by atomic mass is 32.2. The molecule has 0 aromatic rings. The van der Waals surface area contributed by atoms with Crippen molar-refractivity contribution in [2.24, 2.45) is 0 Å². The van der Waals surface area contributed by atoms with Gasteiger partial charge in [-0.3, -0.25) is 9.35 Å². The number of carbonyl (C=O) groups is 1. The van der Waals surface area contributed by atoms with Crippen molar-refractivity contribution >= 4 is 16.0 Å². The molecule has 0 saturated carbocycles. The fourth-order valence-corrected chi connectivity index (χ4v) is 5.39. The van der Waals surface area contributed by atoms with Crippen molar-refractivity contribution in [3.8, 4) is 0 Å². The van der Waals surface area contributed by atoms with Crippen LogP contribution in [0.5, 0.6) is 0 Å². The maximum atomic E-state index is 13.2. The summed E-state index contributed by atoms with van der Waals surface area (Å²) in [5.74, 6) is -2.25. The molecule has 15 atom stereocenters. The number of hydrogen-bond acceptors (Lipinski definition) is 19. The second-order valence-corrected chi connectivity index (χ2v) is 10.9. The smallest absolute Gasteiger partial charge is 0.307 e. The van der Waals surface area contributed by atoms with Crippen LogP contribution in [-0.4, -0.2) is 184 Å². The number of amides is 1. The van der Waals surface area contributed by atoms with E-state index in [-0.39, 0.29) is 0 Å². The predicted octanol–water partition coefficient (Wildman–Crippen LogP) is -9.94. The zero-order valence-electron chi connectivity index (χ0n) is 20.0. The van der Waals surface area contributed by atoms with E-state index in [0.717, 1.165) is 0 Å². The average molecular weight is 614 g/mol. The summed E-state index contributed by atoms with van der Waals surface area (Å²) in [6, 6.07) is 0. The Labute approximate surface area is 223 Å². The lowest BCUT2D eigenvalue weighted by Gasteiger charge is -2.51. The maximum Gasteiger partial charge on any atom is 0.307 e. The van der Waals surface area contributed by atoms with Crippen molar-refractivity contribution in [1.82, 2.24) is 5.32 Å². The minimum absolute atomic E-state index is 0.968. The monoisotopic (exact) mass is 613 g/mol. The Balaban J connectivity index is 1.98. The molecule has 21 nitrogen and oxygen atoms in total. The Morgan fingerprint density at radius 2 is 1.32 bits per heavy atom. The van der Waals surface area contributed by atoms with Crippen LogP contribution in [0, 0.1) is 0 Å². The Morgan fingerprint density at radius 3 is 1.85 bits per heavy atom. The topological polar surface area (TPSA) is 363 Å². The highest BCUT2D eigenvalue weighted by Gasteiger charge is 2.68. The van der Waals surface area contributed by atoms with Gasteiger partial charge in [0.2, 0.25) is 0 Å². The van der Waals surface area contributed by atoms with E-state index in [1.165, 1.54) is 5.32 Å². The van der Waals surface area contributed by atoms with Gasteiger partial charge in [-0.25, -0.2) is 0 Å². The van der Waals surface area contributed by atoms with Gasteiger partial charge in [0.15, 0.2) is 24.6 Å². The largest absolute Gasteiger partial charge is 0.394 e. The van der Waals surface area contributed by atoms with Crippen LogP contribution in [0.2, 0.25) is 0 Å². The van der Waals surface area contributed by atoms with Gasteiger partial charge in [0.25, 0.3) is 5.91 Å². The van der Waals surface area contributed by atoms with Gasteiger partial charge in [-0.15, -0.1) is 0 Å². The molecule has 0 bridgehead atoms. The molecule has 0 aliphatic carbocycles. The molecule has 1 amide bonds. The average Bonchev–Trinajstić information content (AvgIpc) is 2.89. The summed E-state index contributed by atoms with van der Waals surface area (Å²) in [4.78, 5) is 9.13. The third kappa shape index (κ3) is 5.34. The lowest BCUT2D eigenvalue weighted by atomic mass is 9.92. The number of nitrogens with one attached hydrogen (secondary N) is 1. The van der Waals surface area contributed by atoms with Crippen LogP contribution in [0.1, 0.15) is 0 Å². The summed E-state index contributed by atoms with van der Waals surface area (Å²) < 4.78 is 53.9. The summed E-state index contributed by atoms with van der Waals surface area (Å²) in [5, 5.41) is 122. The first-order chi connectivity index (χ1) is 18.4. The molecule has 40 heavy (non-hydrogen) atoms. The van der Waals surface area contributed by atoms with Gasteiger partial charge in [-0.2, -0.15) is 8.42 Å². The third-order valence-corrected chi connectivity index (χ3v) is 8.09. The van der Waals surface area contributed by atoms with Crippen molar-refractivity contribution in [2.45, 2.75) is 90.6 Å². The normalized spacial score (nSPS) is 50.4. The standard InChI is InChI=1S/C18H31NO20S/c20-1-3-10(4(22)7(25)13(30)36-3)37-15-9(27)6(24)11(28)17(2-21,39-15)19-16(32)18(40(33,34)35)12(29)5(23)8(26)14(31)38-18/h3-15,20-31H,1-2H2,(H,19,32)(H,33,34,35)/t3-,4-,5?,6-,7-,8?,9-,10-,11-,12?,13-,14?,15+,17-,18?/m1/s1. The van der Waals surface area contributed by atoms with Crippen LogP contribution in [0.25, 0.3) is 0 Å². The zero-order chi connectivity index (χ0) is 30.5. The summed E-state index contributed by atoms with van der Waals surface area (Å²) in [6.07, 6.45) is -30.0. The molecule has 22 heteroatoms. The highest BCUT2D eigenvalue weighted by molar-refractivity contribution is 7.88. The van der Waals surface area contributed by atoms with E-state index < -0.39 is 120 Å². The molecule has 3 aliphatic heterocycles. The van der Waals surface area contributed by atoms with Gasteiger partial charge >= 0.3 is 15.1 Å². The molecule has 3 fully saturated rings. The number of carbonyl (C=O) groups excluding carboxylic acids is 1. The number of ether oxygens (including phenoxy) is 4. The highest BCUT2D eigenvalue weighted by Crippen LogP contribution is 2.37. The van der Waals surface area contributed by atoms with Crippen molar-refractivity contribution in [1.29, 1.82) is 0 Å². The van der Waals surface area contributed by atoms with Gasteiger partial charge < -0.3 is 85.5 Å². The molecule has 0 aromatic carbocycles. The molecular formula is C18H31NO20S. The lowest BCUT2D eigenvalue weighted by molar-refractivity contribution is -0.379. The SMILES string of the molecule is O=C(N[C@]1(CO)O[C@H](O[C@H]2[C@H](O)[C@@H](O)[C@H](O)O[C@@H]2CO)[C@H](O)[C@@H](O)[C@H]1O)C1(S(=O)(=O)O)OC(O)C(O)C(O)C1O. The molecule has 0 radical (unpaired) electrons. The Bertz CT molecular complexity index is 1020. The second-order valence-electron chi connectivity index (χ2n) is 9.32. The minimum Gasteiger partial charge on any atom is -0.394 e. The summed E-state index contributed by atoms with van der Waals surface area (Å²) in [7, 11) is -6.02. The van der Waals surface area contributed by atoms with Gasteiger partial charge in [0, 0.05) is 0 Å². The van der Waals surface area contributed by atoms with E-state index in [1.807, 2.05) is 0 Å². The number of rotatable bonds is 7. The van der Waals surface area contributed by atoms with Gasteiger partial charge in [-0.05, 0) is 0 Å². The van der Waals surface area contributed by atoms with Gasteiger partial charge in [-0.1, -0.05) is 0 Å². The zero-order valence-corrected chi connectivity index (χ0v) is 20.8. The molecule has 0 spiro atoms. The van der Waals surface area contributed by atoms with Crippen LogP contribution < -0.4 is 5.32 Å². The number of hydrogen-bond donors (Lipinski definition) is 14. The van der Waals surface area contributed by atoms with E-state index in [2.05, 4.69) is 4.74 Å². The predicted molar refractivity (Wildman–Crippen MR) is 115 cm³/mol. The fourth-order valence-electron chi connectivity index (χ4n) is 4.44. The molecule has 3 aliphatic rings. The molecule has 3 heterocycles. The first kappa shape index (κ1) is 33.2. The lowest BCUT2D eigenvalue weighted by Crippen LogP contribution is -2.78. The molecule has 14 N–H and O–H groups in total. The fraction of sp³-hybridized carbons (Fsp3) is 0.944. The first-order valence-corrected chi connectivity index (χ1v) is 12.8. The van der Waals surface area contributed by atoms with Crippen LogP contribution in [0.4, 0.5) is 0 Å². The first-order valence-electron chi connectivity index (χ1n) is 11.4. The maximum absolute atomic E-state index is 13.2. The summed E-state index contributed by atoms with van der Waals surface area (Å²) in [6.45, 7) is -2.58. The van der Waals surface area contributed by atoms with Crippen LogP contribution >= 0.6 is 0 Å². The summed E-state index contributed by atoms with van der Waals surface area (Å²) >= 11 is 0. The van der Waals surface area contributed by atoms with Crippen molar-refractivity contribution in [3.63, 3.8) is 0 Å². The Hall–Kier alpha value is -1.26. The van der Waals surface area contributed by atoms with E-state index in [4.69, 9.17) is 14.2 Å². The molecule has 0 aromatic heterocycles.